The molecule has 1 heterocycles. The van der Waals surface area contributed by atoms with Gasteiger partial charge in [-0.3, -0.25) is 4.98 Å². The summed E-state index contributed by atoms with van der Waals surface area (Å²) in [4.78, 5) is 14.9. The molecule has 0 unspecified atom stereocenters. The van der Waals surface area contributed by atoms with Crippen molar-refractivity contribution in [2.45, 2.75) is 0 Å². The number of hydrogen-bond acceptors (Lipinski definition) is 3. The second-order valence-corrected chi connectivity index (χ2v) is 4.68. The summed E-state index contributed by atoms with van der Waals surface area (Å²) in [7, 11) is 0. The number of hydrogen-bond donors (Lipinski definition) is 1. The Morgan fingerprint density at radius 2 is 2.11 bits per heavy atom. The lowest BCUT2D eigenvalue weighted by molar-refractivity contribution is 0.0694. The zero-order chi connectivity index (χ0) is 13.1. The van der Waals surface area contributed by atoms with Crippen LogP contribution < -0.4 is 4.74 Å². The topological polar surface area (TPSA) is 59.4 Å². The second kappa shape index (κ2) is 5.37. The molecule has 0 atom stereocenters. The molecule has 4 nitrogen and oxygen atoms in total. The normalized spacial score (nSPS) is 10.1. The van der Waals surface area contributed by atoms with E-state index in [1.54, 1.807) is 18.2 Å². The number of aromatic nitrogens is 1. The number of carbonyl (C=O) groups is 1. The fraction of sp³-hybridized carbons (Fsp3) is 0. The number of ether oxygens (including phenoxy) is 1. The predicted molar refractivity (Wildman–Crippen MR) is 70.4 cm³/mol. The van der Waals surface area contributed by atoms with E-state index < -0.39 is 5.97 Å². The van der Waals surface area contributed by atoms with Crippen LogP contribution in [0.5, 0.6) is 11.5 Å². The van der Waals surface area contributed by atoms with E-state index in [0.29, 0.717) is 15.2 Å². The van der Waals surface area contributed by atoms with Crippen molar-refractivity contribution in [3.05, 3.63) is 51.7 Å². The van der Waals surface area contributed by atoms with E-state index in [0.717, 1.165) is 0 Å². The minimum Gasteiger partial charge on any atom is -0.478 e. The van der Waals surface area contributed by atoms with Crippen LogP contribution in [-0.2, 0) is 0 Å². The molecule has 1 aromatic carbocycles. The number of carboxylic acids is 1. The zero-order valence-electron chi connectivity index (χ0n) is 8.93. The highest BCUT2D eigenvalue weighted by molar-refractivity contribution is 9.10. The first-order valence-electron chi connectivity index (χ1n) is 4.88. The Bertz CT molecular complexity index is 604. The molecule has 0 spiro atoms. The number of aromatic carboxylic acids is 1. The van der Waals surface area contributed by atoms with Crippen LogP contribution in [0, 0.1) is 0 Å². The molecule has 0 radical (unpaired) electrons. The van der Waals surface area contributed by atoms with E-state index in [1.807, 2.05) is 0 Å². The Hall–Kier alpha value is -1.59. The molecule has 92 valence electrons. The Kier molecular flexibility index (Phi) is 3.84. The van der Waals surface area contributed by atoms with Crippen LogP contribution >= 0.6 is 27.5 Å². The molecule has 0 fully saturated rings. The van der Waals surface area contributed by atoms with Crippen molar-refractivity contribution in [2.75, 3.05) is 0 Å². The van der Waals surface area contributed by atoms with E-state index in [4.69, 9.17) is 21.4 Å². The molecular formula is C12H7BrClNO3. The van der Waals surface area contributed by atoms with Crippen molar-refractivity contribution in [2.24, 2.45) is 0 Å². The maximum Gasteiger partial charge on any atom is 0.339 e. The van der Waals surface area contributed by atoms with Crippen LogP contribution in [0.25, 0.3) is 0 Å². The first-order chi connectivity index (χ1) is 8.58. The van der Waals surface area contributed by atoms with Gasteiger partial charge in [0.1, 0.15) is 22.1 Å². The number of halogens is 2. The zero-order valence-corrected chi connectivity index (χ0v) is 11.3. The van der Waals surface area contributed by atoms with Crippen molar-refractivity contribution >= 4 is 33.5 Å². The molecule has 0 aliphatic carbocycles. The summed E-state index contributed by atoms with van der Waals surface area (Å²) >= 11 is 9.16. The van der Waals surface area contributed by atoms with Gasteiger partial charge in [0.25, 0.3) is 0 Å². The molecule has 0 bridgehead atoms. The van der Waals surface area contributed by atoms with Crippen LogP contribution in [0.3, 0.4) is 0 Å². The summed E-state index contributed by atoms with van der Waals surface area (Å²) in [6.07, 6.45) is 2.94. The average Bonchev–Trinajstić information content (AvgIpc) is 2.32. The summed E-state index contributed by atoms with van der Waals surface area (Å²) in [5.74, 6) is -0.500. The van der Waals surface area contributed by atoms with Gasteiger partial charge in [0.2, 0.25) is 0 Å². The third-order valence-electron chi connectivity index (χ3n) is 2.13. The van der Waals surface area contributed by atoms with Gasteiger partial charge in [-0.2, -0.15) is 0 Å². The van der Waals surface area contributed by atoms with Crippen LogP contribution in [0.2, 0.25) is 5.02 Å². The van der Waals surface area contributed by atoms with Crippen molar-refractivity contribution in [1.82, 2.24) is 4.98 Å². The standard InChI is InChI=1S/C12H7BrClNO3/c13-7-1-2-8(12(16)17)11(5-7)18-10-3-4-15-6-9(10)14/h1-6H,(H,16,17). The van der Waals surface area contributed by atoms with Crippen molar-refractivity contribution in [3.63, 3.8) is 0 Å². The monoisotopic (exact) mass is 327 g/mol. The molecule has 0 saturated carbocycles. The minimum atomic E-state index is -1.07. The number of benzene rings is 1. The van der Waals surface area contributed by atoms with Gasteiger partial charge in [0.15, 0.2) is 0 Å². The van der Waals surface area contributed by atoms with Crippen LogP contribution in [0.4, 0.5) is 0 Å². The maximum atomic E-state index is 11.1. The van der Waals surface area contributed by atoms with E-state index in [-0.39, 0.29) is 11.3 Å². The molecule has 6 heteroatoms. The van der Waals surface area contributed by atoms with Crippen molar-refractivity contribution in [1.29, 1.82) is 0 Å². The lowest BCUT2D eigenvalue weighted by atomic mass is 10.2. The Morgan fingerprint density at radius 1 is 1.33 bits per heavy atom. The van der Waals surface area contributed by atoms with Gasteiger partial charge in [-0.25, -0.2) is 4.79 Å². The third-order valence-corrected chi connectivity index (χ3v) is 2.91. The summed E-state index contributed by atoms with van der Waals surface area (Å²) in [6, 6.07) is 6.22. The summed E-state index contributed by atoms with van der Waals surface area (Å²) < 4.78 is 6.22. The highest BCUT2D eigenvalue weighted by Crippen LogP contribution is 2.32. The van der Waals surface area contributed by atoms with E-state index >= 15 is 0 Å². The van der Waals surface area contributed by atoms with Crippen molar-refractivity contribution < 1.29 is 14.6 Å². The first kappa shape index (κ1) is 12.9. The number of pyridine rings is 1. The van der Waals surface area contributed by atoms with Crippen LogP contribution in [0.15, 0.2) is 41.1 Å². The Labute approximate surface area is 116 Å². The molecule has 18 heavy (non-hydrogen) atoms. The third kappa shape index (κ3) is 2.80. The lowest BCUT2D eigenvalue weighted by Crippen LogP contribution is -2.00. The molecule has 2 aromatic rings. The van der Waals surface area contributed by atoms with E-state index in [9.17, 15) is 4.79 Å². The fourth-order valence-corrected chi connectivity index (χ4v) is 1.82. The summed E-state index contributed by atoms with van der Waals surface area (Å²) in [5.41, 5.74) is 0.0612. The van der Waals surface area contributed by atoms with Gasteiger partial charge >= 0.3 is 5.97 Å². The molecule has 0 aliphatic heterocycles. The van der Waals surface area contributed by atoms with E-state index in [2.05, 4.69) is 20.9 Å². The average molecular weight is 329 g/mol. The van der Waals surface area contributed by atoms with Gasteiger partial charge in [-0.15, -0.1) is 0 Å². The molecule has 1 aromatic heterocycles. The quantitative estimate of drug-likeness (QED) is 0.925. The minimum absolute atomic E-state index is 0.0612. The van der Waals surface area contributed by atoms with Gasteiger partial charge < -0.3 is 9.84 Å². The number of rotatable bonds is 3. The van der Waals surface area contributed by atoms with Crippen LogP contribution in [0.1, 0.15) is 10.4 Å². The van der Waals surface area contributed by atoms with Gasteiger partial charge in [0.05, 0.1) is 0 Å². The summed E-state index contributed by atoms with van der Waals surface area (Å²) in [6.45, 7) is 0. The largest absolute Gasteiger partial charge is 0.478 e. The smallest absolute Gasteiger partial charge is 0.339 e. The highest BCUT2D eigenvalue weighted by atomic mass is 79.9. The van der Waals surface area contributed by atoms with Gasteiger partial charge in [-0.05, 0) is 18.2 Å². The molecular weight excluding hydrogens is 321 g/mol. The number of nitrogens with zero attached hydrogens (tertiary/aromatic N) is 1. The fourth-order valence-electron chi connectivity index (χ4n) is 1.32. The highest BCUT2D eigenvalue weighted by Gasteiger charge is 2.13. The SMILES string of the molecule is O=C(O)c1ccc(Br)cc1Oc1ccncc1Cl. The molecule has 2 rings (SSSR count). The summed E-state index contributed by atoms with van der Waals surface area (Å²) in [5, 5.41) is 9.38. The molecule has 0 saturated heterocycles. The predicted octanol–water partition coefficient (Wildman–Crippen LogP) is 3.99. The van der Waals surface area contributed by atoms with Crippen LogP contribution in [-0.4, -0.2) is 16.1 Å². The molecule has 1 N–H and O–H groups in total. The van der Waals surface area contributed by atoms with Crippen molar-refractivity contribution in [3.8, 4) is 11.5 Å². The second-order valence-electron chi connectivity index (χ2n) is 3.35. The Balaban J connectivity index is 2.42. The molecule has 0 amide bonds. The van der Waals surface area contributed by atoms with Gasteiger partial charge in [0, 0.05) is 22.9 Å². The Morgan fingerprint density at radius 3 is 2.78 bits per heavy atom. The molecule has 0 aliphatic rings. The van der Waals surface area contributed by atoms with Gasteiger partial charge in [-0.1, -0.05) is 27.5 Å². The first-order valence-corrected chi connectivity index (χ1v) is 6.05. The maximum absolute atomic E-state index is 11.1. The lowest BCUT2D eigenvalue weighted by Gasteiger charge is -2.10. The van der Waals surface area contributed by atoms with E-state index in [1.165, 1.54) is 18.5 Å². The number of carboxylic acid groups (broad SMARTS) is 1.